The number of hydrogen-bond acceptors (Lipinski definition) is 3. The van der Waals surface area contributed by atoms with Crippen LogP contribution in [0.1, 0.15) is 58.8 Å². The van der Waals surface area contributed by atoms with E-state index in [9.17, 15) is 14.4 Å². The minimum atomic E-state index is -1.06. The third kappa shape index (κ3) is 4.58. The molecule has 19 heavy (non-hydrogen) atoms. The molecule has 5 nitrogen and oxygen atoms in total. The summed E-state index contributed by atoms with van der Waals surface area (Å²) in [6.45, 7) is 3.95. The van der Waals surface area contributed by atoms with Crippen molar-refractivity contribution in [3.8, 4) is 0 Å². The molecule has 0 aromatic rings. The van der Waals surface area contributed by atoms with Crippen LogP contribution in [-0.4, -0.2) is 47.4 Å². The van der Waals surface area contributed by atoms with E-state index < -0.39 is 23.3 Å². The third-order valence-electron chi connectivity index (χ3n) is 3.63. The number of unbranched alkanes of at least 4 members (excludes halogenated alkanes) is 4. The van der Waals surface area contributed by atoms with Crippen molar-refractivity contribution in [2.75, 3.05) is 0 Å². The summed E-state index contributed by atoms with van der Waals surface area (Å²) in [6.07, 6.45) is 6.25. The van der Waals surface area contributed by atoms with E-state index in [1.54, 1.807) is 6.92 Å². The van der Waals surface area contributed by atoms with Crippen LogP contribution in [0.5, 0.6) is 0 Å². The van der Waals surface area contributed by atoms with E-state index in [-0.39, 0.29) is 29.6 Å². The number of nitrogens with one attached hydrogen (secondary N) is 2. The largest absolute Gasteiger partial charge is 0.328 e. The molecule has 0 unspecified atom stereocenters. The predicted octanol–water partition coefficient (Wildman–Crippen LogP) is 1.73. The van der Waals surface area contributed by atoms with Gasteiger partial charge in [-0.3, -0.25) is 20.2 Å². The number of carbonyl (C=O) groups is 3. The van der Waals surface area contributed by atoms with Crippen molar-refractivity contribution in [2.45, 2.75) is 58.8 Å². The zero-order valence-electron chi connectivity index (χ0n) is 12.2. The molecule has 1 saturated heterocycles. The van der Waals surface area contributed by atoms with E-state index in [1.807, 2.05) is 0 Å². The summed E-state index contributed by atoms with van der Waals surface area (Å²) in [6, 6.07) is -0.708. The maximum Gasteiger partial charge on any atom is 0.328 e. The van der Waals surface area contributed by atoms with Gasteiger partial charge in [-0.05, 0) is 12.8 Å². The Morgan fingerprint density at radius 3 is 1.89 bits per heavy atom. The summed E-state index contributed by atoms with van der Waals surface area (Å²) in [5.74, 6) is -0.900. The summed E-state index contributed by atoms with van der Waals surface area (Å²) >= 11 is 0. The molecule has 0 aromatic carbocycles. The first-order chi connectivity index (χ1) is 8.56. The molecule has 1 rings (SSSR count). The molecule has 1 heterocycles. The number of carbonyl (C=O) groups excluding carboxylic acids is 3. The molecule has 0 aliphatic carbocycles. The first-order valence-electron chi connectivity index (χ1n) is 6.73. The number of hydrogen-bond donors (Lipinski definition) is 2. The fourth-order valence-corrected chi connectivity index (χ4v) is 2.34. The van der Waals surface area contributed by atoms with Crippen LogP contribution in [0.25, 0.3) is 0 Å². The Bertz CT molecular complexity index is 325. The molecule has 0 bridgehead atoms. The second-order valence-electron chi connectivity index (χ2n) is 4.84. The molecule has 1 radical (unpaired) electrons. The molecule has 0 saturated carbocycles. The summed E-state index contributed by atoms with van der Waals surface area (Å²) in [4.78, 5) is 34.8. The van der Waals surface area contributed by atoms with E-state index in [0.29, 0.717) is 12.8 Å². The Morgan fingerprint density at radius 1 is 0.895 bits per heavy atom. The van der Waals surface area contributed by atoms with Gasteiger partial charge in [-0.1, -0.05) is 46.0 Å². The fourth-order valence-electron chi connectivity index (χ4n) is 2.34. The van der Waals surface area contributed by atoms with Crippen LogP contribution in [0.4, 0.5) is 4.79 Å². The first kappa shape index (κ1) is 18.6. The van der Waals surface area contributed by atoms with Crippen LogP contribution >= 0.6 is 0 Å². The van der Waals surface area contributed by atoms with Crippen molar-refractivity contribution in [1.29, 1.82) is 0 Å². The minimum Gasteiger partial charge on any atom is -0.277 e. The van der Waals surface area contributed by atoms with Crippen molar-refractivity contribution < 1.29 is 14.4 Å². The quantitative estimate of drug-likeness (QED) is 0.423. The predicted molar refractivity (Wildman–Crippen MR) is 73.5 cm³/mol. The van der Waals surface area contributed by atoms with Crippen LogP contribution in [0.3, 0.4) is 0 Å². The fraction of sp³-hybridized carbons (Fsp3) is 0.769. The number of urea groups is 1. The minimum absolute atomic E-state index is 0. The van der Waals surface area contributed by atoms with Gasteiger partial charge in [0.15, 0.2) is 0 Å². The van der Waals surface area contributed by atoms with Gasteiger partial charge in [0.05, 0.1) is 0 Å². The van der Waals surface area contributed by atoms with Crippen LogP contribution in [-0.2, 0) is 9.59 Å². The standard InChI is InChI=1S/C13H22N2O3.Na/c1-3-5-6-7-8-9-13(4-2)10(16)14-12(18)15-11(13)17;/h3-9H2,1-2H3,(H2,14,15,16,17,18);. The molecular formula is C13H22N2NaO3. The zero-order chi connectivity index (χ0) is 13.6. The van der Waals surface area contributed by atoms with Crippen LogP contribution in [0.2, 0.25) is 0 Å². The second kappa shape index (κ2) is 8.72. The summed E-state index contributed by atoms with van der Waals surface area (Å²) in [5.41, 5.74) is -1.06. The molecule has 2 N–H and O–H groups in total. The average Bonchev–Trinajstić information content (AvgIpc) is 2.32. The normalized spacial score (nSPS) is 17.5. The van der Waals surface area contributed by atoms with Crippen LogP contribution in [0.15, 0.2) is 0 Å². The SMILES string of the molecule is CCCCCCCC1(CC)C(=O)NC(=O)NC1=O.[Na]. The number of amides is 4. The first-order valence-corrected chi connectivity index (χ1v) is 6.73. The average molecular weight is 277 g/mol. The summed E-state index contributed by atoms with van der Waals surface area (Å²) in [5, 5.41) is 4.39. The van der Waals surface area contributed by atoms with Crippen molar-refractivity contribution in [2.24, 2.45) is 5.41 Å². The van der Waals surface area contributed by atoms with Gasteiger partial charge >= 0.3 is 6.03 Å². The molecule has 1 aliphatic heterocycles. The maximum atomic E-state index is 11.9. The van der Waals surface area contributed by atoms with Crippen molar-refractivity contribution in [1.82, 2.24) is 10.6 Å². The van der Waals surface area contributed by atoms with Gasteiger partial charge in [0.1, 0.15) is 5.41 Å². The van der Waals surface area contributed by atoms with E-state index in [1.165, 1.54) is 6.42 Å². The Hall–Kier alpha value is -0.390. The molecule has 0 spiro atoms. The van der Waals surface area contributed by atoms with E-state index in [2.05, 4.69) is 17.6 Å². The van der Waals surface area contributed by atoms with Gasteiger partial charge in [-0.15, -0.1) is 0 Å². The van der Waals surface area contributed by atoms with E-state index >= 15 is 0 Å². The van der Waals surface area contributed by atoms with Gasteiger partial charge in [0.2, 0.25) is 11.8 Å². The summed E-state index contributed by atoms with van der Waals surface area (Å²) < 4.78 is 0. The van der Waals surface area contributed by atoms with Crippen molar-refractivity contribution in [3.63, 3.8) is 0 Å². The molecule has 1 aliphatic rings. The van der Waals surface area contributed by atoms with Crippen LogP contribution < -0.4 is 10.6 Å². The number of rotatable bonds is 7. The smallest absolute Gasteiger partial charge is 0.277 e. The molecule has 1 fully saturated rings. The maximum absolute atomic E-state index is 11.9. The molecular weight excluding hydrogens is 255 g/mol. The molecule has 103 valence electrons. The van der Waals surface area contributed by atoms with Crippen LogP contribution in [0, 0.1) is 5.41 Å². The summed E-state index contributed by atoms with van der Waals surface area (Å²) in [7, 11) is 0. The van der Waals surface area contributed by atoms with Crippen molar-refractivity contribution in [3.05, 3.63) is 0 Å². The van der Waals surface area contributed by atoms with E-state index in [0.717, 1.165) is 25.7 Å². The Labute approximate surface area is 136 Å². The molecule has 0 aromatic heterocycles. The Kier molecular flexibility index (Phi) is 8.54. The Balaban J connectivity index is 0.00000324. The van der Waals surface area contributed by atoms with E-state index in [4.69, 9.17) is 0 Å². The number of barbiturate groups is 1. The third-order valence-corrected chi connectivity index (χ3v) is 3.63. The zero-order valence-corrected chi connectivity index (χ0v) is 14.2. The molecule has 6 heteroatoms. The van der Waals surface area contributed by atoms with Gasteiger partial charge < -0.3 is 0 Å². The van der Waals surface area contributed by atoms with Gasteiger partial charge in [-0.25, -0.2) is 4.79 Å². The molecule has 4 amide bonds. The molecule has 0 atom stereocenters. The van der Waals surface area contributed by atoms with Gasteiger partial charge in [-0.2, -0.15) is 0 Å². The van der Waals surface area contributed by atoms with Gasteiger partial charge in [0, 0.05) is 29.6 Å². The Morgan fingerprint density at radius 2 is 1.42 bits per heavy atom. The number of imide groups is 2. The second-order valence-corrected chi connectivity index (χ2v) is 4.84. The topological polar surface area (TPSA) is 75.3 Å². The monoisotopic (exact) mass is 277 g/mol. The van der Waals surface area contributed by atoms with Gasteiger partial charge in [0.25, 0.3) is 0 Å². The van der Waals surface area contributed by atoms with Crippen molar-refractivity contribution >= 4 is 47.4 Å².